The average Bonchev–Trinajstić information content (AvgIpc) is 2.39. The molecule has 1 aromatic rings. The molecule has 0 fully saturated rings. The van der Waals surface area contributed by atoms with Gasteiger partial charge in [-0.3, -0.25) is 4.79 Å². The molecule has 1 rings (SSSR count). The number of rotatable bonds is 7. The van der Waals surface area contributed by atoms with Gasteiger partial charge in [0, 0.05) is 19.7 Å². The number of hydrogen-bond acceptors (Lipinski definition) is 3. The summed E-state index contributed by atoms with van der Waals surface area (Å²) in [6, 6.07) is 5.19. The lowest BCUT2D eigenvalue weighted by Gasteiger charge is -2.13. The molecule has 1 aromatic carbocycles. The van der Waals surface area contributed by atoms with E-state index in [0.29, 0.717) is 23.6 Å². The Labute approximate surface area is 115 Å². The quantitative estimate of drug-likeness (QED) is 0.608. The van der Waals surface area contributed by atoms with Crippen molar-refractivity contribution in [2.75, 3.05) is 26.4 Å². The van der Waals surface area contributed by atoms with E-state index in [9.17, 15) is 4.79 Å². The summed E-state index contributed by atoms with van der Waals surface area (Å²) in [6.07, 6.45) is 4.65. The second kappa shape index (κ2) is 7.67. The molecule has 106 valence electrons. The number of nitrogens with zero attached hydrogens (tertiary/aromatic N) is 1. The van der Waals surface area contributed by atoms with Gasteiger partial charge in [0.1, 0.15) is 5.75 Å². The van der Waals surface area contributed by atoms with Gasteiger partial charge in [0.05, 0.1) is 12.3 Å². The van der Waals surface area contributed by atoms with Gasteiger partial charge in [-0.25, -0.2) is 0 Å². The van der Waals surface area contributed by atoms with Gasteiger partial charge in [0.15, 0.2) is 0 Å². The summed E-state index contributed by atoms with van der Waals surface area (Å²) in [5, 5.41) is 0. The minimum atomic E-state index is -0.0544. The highest BCUT2D eigenvalue weighted by atomic mass is 16.5. The van der Waals surface area contributed by atoms with E-state index < -0.39 is 0 Å². The summed E-state index contributed by atoms with van der Waals surface area (Å²) < 4.78 is 5.63. The molecule has 4 heteroatoms. The largest absolute Gasteiger partial charge is 0.491 e. The van der Waals surface area contributed by atoms with E-state index >= 15 is 0 Å². The fourth-order valence-electron chi connectivity index (χ4n) is 1.78. The molecule has 0 radical (unpaired) electrons. The van der Waals surface area contributed by atoms with Crippen LogP contribution in [-0.4, -0.2) is 31.5 Å². The van der Waals surface area contributed by atoms with E-state index in [-0.39, 0.29) is 5.91 Å². The number of nitrogens with two attached hydrogens (primary N) is 1. The minimum absolute atomic E-state index is 0.0544. The summed E-state index contributed by atoms with van der Waals surface area (Å²) in [7, 11) is 3.44. The van der Waals surface area contributed by atoms with Gasteiger partial charge in [-0.05, 0) is 24.6 Å². The van der Waals surface area contributed by atoms with Crippen LogP contribution in [-0.2, 0) is 0 Å². The summed E-state index contributed by atoms with van der Waals surface area (Å²) >= 11 is 0. The number of ether oxygens (including phenoxy) is 1. The van der Waals surface area contributed by atoms with Gasteiger partial charge in [-0.2, -0.15) is 0 Å². The van der Waals surface area contributed by atoms with Crippen LogP contribution in [0.15, 0.2) is 18.2 Å². The van der Waals surface area contributed by atoms with E-state index in [1.807, 2.05) is 0 Å². The number of anilines is 1. The topological polar surface area (TPSA) is 55.6 Å². The van der Waals surface area contributed by atoms with Crippen molar-refractivity contribution in [2.24, 2.45) is 0 Å². The lowest BCUT2D eigenvalue weighted by molar-refractivity contribution is 0.0827. The molecule has 0 aromatic heterocycles. The van der Waals surface area contributed by atoms with Crippen molar-refractivity contribution < 1.29 is 9.53 Å². The highest BCUT2D eigenvalue weighted by Crippen LogP contribution is 2.23. The minimum Gasteiger partial charge on any atom is -0.491 e. The molecule has 0 saturated carbocycles. The Bertz CT molecular complexity index is 417. The Kier molecular flexibility index (Phi) is 6.19. The molecule has 2 N–H and O–H groups in total. The van der Waals surface area contributed by atoms with Crippen molar-refractivity contribution in [1.29, 1.82) is 0 Å². The molecule has 0 saturated heterocycles. The first-order valence-corrected chi connectivity index (χ1v) is 6.80. The summed E-state index contributed by atoms with van der Waals surface area (Å²) in [5.74, 6) is 0.605. The van der Waals surface area contributed by atoms with Crippen LogP contribution in [0.2, 0.25) is 0 Å². The zero-order valence-corrected chi connectivity index (χ0v) is 12.1. The van der Waals surface area contributed by atoms with Crippen LogP contribution in [0.3, 0.4) is 0 Å². The summed E-state index contributed by atoms with van der Waals surface area (Å²) in [5.41, 5.74) is 7.01. The Hall–Kier alpha value is -1.71. The average molecular weight is 264 g/mol. The van der Waals surface area contributed by atoms with Crippen LogP contribution in [0, 0.1) is 0 Å². The lowest BCUT2D eigenvalue weighted by Crippen LogP contribution is -2.21. The monoisotopic (exact) mass is 264 g/mol. The second-order valence-corrected chi connectivity index (χ2v) is 4.86. The van der Waals surface area contributed by atoms with Gasteiger partial charge < -0.3 is 15.4 Å². The Morgan fingerprint density at radius 3 is 2.58 bits per heavy atom. The number of hydrogen-bond donors (Lipinski definition) is 1. The predicted octanol–water partition coefficient (Wildman–Crippen LogP) is 2.93. The number of carbonyl (C=O) groups is 1. The second-order valence-electron chi connectivity index (χ2n) is 4.86. The SMILES string of the molecule is CCCCCCOc1ccc(C(=O)N(C)C)cc1N. The van der Waals surface area contributed by atoms with Gasteiger partial charge >= 0.3 is 0 Å². The Morgan fingerprint density at radius 2 is 2.00 bits per heavy atom. The fourth-order valence-corrected chi connectivity index (χ4v) is 1.78. The molecular formula is C15H24N2O2. The first-order chi connectivity index (χ1) is 9.06. The van der Waals surface area contributed by atoms with E-state index in [2.05, 4.69) is 6.92 Å². The Balaban J connectivity index is 2.55. The summed E-state index contributed by atoms with van der Waals surface area (Å²) in [6.45, 7) is 2.85. The molecule has 19 heavy (non-hydrogen) atoms. The molecule has 0 heterocycles. The molecule has 4 nitrogen and oxygen atoms in total. The molecule has 1 amide bonds. The van der Waals surface area contributed by atoms with Crippen molar-refractivity contribution in [1.82, 2.24) is 4.90 Å². The standard InChI is InChI=1S/C15H24N2O2/c1-4-5-6-7-10-19-14-9-8-12(11-13(14)16)15(18)17(2)3/h8-9,11H,4-7,10,16H2,1-3H3. The van der Waals surface area contributed by atoms with Crippen molar-refractivity contribution >= 4 is 11.6 Å². The van der Waals surface area contributed by atoms with Gasteiger partial charge in [-0.15, -0.1) is 0 Å². The predicted molar refractivity (Wildman–Crippen MR) is 78.5 cm³/mol. The Morgan fingerprint density at radius 1 is 1.26 bits per heavy atom. The van der Waals surface area contributed by atoms with Gasteiger partial charge in [-0.1, -0.05) is 26.2 Å². The van der Waals surface area contributed by atoms with E-state index in [4.69, 9.17) is 10.5 Å². The zero-order valence-electron chi connectivity index (χ0n) is 12.1. The normalized spacial score (nSPS) is 10.3. The zero-order chi connectivity index (χ0) is 14.3. The van der Waals surface area contributed by atoms with E-state index in [1.54, 1.807) is 32.3 Å². The lowest BCUT2D eigenvalue weighted by atomic mass is 10.1. The number of benzene rings is 1. The molecule has 0 aliphatic rings. The van der Waals surface area contributed by atoms with Crippen molar-refractivity contribution in [3.05, 3.63) is 23.8 Å². The highest BCUT2D eigenvalue weighted by molar-refractivity contribution is 5.95. The van der Waals surface area contributed by atoms with Crippen molar-refractivity contribution in [2.45, 2.75) is 32.6 Å². The van der Waals surface area contributed by atoms with Crippen LogP contribution in [0.4, 0.5) is 5.69 Å². The molecule has 0 aliphatic carbocycles. The van der Waals surface area contributed by atoms with Crippen LogP contribution < -0.4 is 10.5 Å². The third-order valence-corrected chi connectivity index (χ3v) is 2.92. The van der Waals surface area contributed by atoms with E-state index in [0.717, 1.165) is 6.42 Å². The number of unbranched alkanes of at least 4 members (excludes halogenated alkanes) is 3. The van der Waals surface area contributed by atoms with E-state index in [1.165, 1.54) is 24.2 Å². The van der Waals surface area contributed by atoms with Crippen molar-refractivity contribution in [3.8, 4) is 5.75 Å². The highest BCUT2D eigenvalue weighted by Gasteiger charge is 2.10. The molecular weight excluding hydrogens is 240 g/mol. The van der Waals surface area contributed by atoms with Crippen LogP contribution in [0.1, 0.15) is 43.0 Å². The first kappa shape index (κ1) is 15.3. The molecule has 0 atom stereocenters. The smallest absolute Gasteiger partial charge is 0.253 e. The number of nitrogen functional groups attached to an aromatic ring is 1. The summed E-state index contributed by atoms with van der Waals surface area (Å²) in [4.78, 5) is 13.3. The van der Waals surface area contributed by atoms with Gasteiger partial charge in [0.2, 0.25) is 0 Å². The first-order valence-electron chi connectivity index (χ1n) is 6.80. The van der Waals surface area contributed by atoms with Crippen LogP contribution in [0.25, 0.3) is 0 Å². The molecule has 0 aliphatic heterocycles. The fraction of sp³-hybridized carbons (Fsp3) is 0.533. The van der Waals surface area contributed by atoms with Crippen molar-refractivity contribution in [3.63, 3.8) is 0 Å². The molecule has 0 spiro atoms. The van der Waals surface area contributed by atoms with Crippen LogP contribution >= 0.6 is 0 Å². The van der Waals surface area contributed by atoms with Gasteiger partial charge in [0.25, 0.3) is 5.91 Å². The third-order valence-electron chi connectivity index (χ3n) is 2.92. The van der Waals surface area contributed by atoms with Crippen LogP contribution in [0.5, 0.6) is 5.75 Å². The maximum atomic E-state index is 11.8. The maximum Gasteiger partial charge on any atom is 0.253 e. The number of amides is 1. The molecule has 0 unspecified atom stereocenters. The third kappa shape index (κ3) is 4.81. The maximum absolute atomic E-state index is 11.8. The molecule has 0 bridgehead atoms. The number of carbonyl (C=O) groups excluding carboxylic acids is 1.